The van der Waals surface area contributed by atoms with Gasteiger partial charge in [-0.25, -0.2) is 10.2 Å². The zero-order chi connectivity index (χ0) is 18.4. The average molecular weight is 353 g/mol. The molecule has 2 aromatic rings. The Bertz CT molecular complexity index is 728. The summed E-state index contributed by atoms with van der Waals surface area (Å²) in [5.74, 6) is -0.228. The van der Waals surface area contributed by atoms with E-state index in [0.29, 0.717) is 18.7 Å². The van der Waals surface area contributed by atoms with Crippen LogP contribution in [0.5, 0.6) is 0 Å². The van der Waals surface area contributed by atoms with Gasteiger partial charge in [0.2, 0.25) is 0 Å². The van der Waals surface area contributed by atoms with E-state index in [1.165, 1.54) is 0 Å². The zero-order valence-electron chi connectivity index (χ0n) is 14.5. The van der Waals surface area contributed by atoms with Crippen molar-refractivity contribution in [2.45, 2.75) is 18.9 Å². The molecular weight excluding hydrogens is 330 g/mol. The molecule has 0 aromatic heterocycles. The molecule has 1 heterocycles. The van der Waals surface area contributed by atoms with Crippen molar-refractivity contribution in [2.24, 2.45) is 5.92 Å². The second-order valence-corrected chi connectivity index (χ2v) is 6.43. The molecule has 26 heavy (non-hydrogen) atoms. The summed E-state index contributed by atoms with van der Waals surface area (Å²) in [5, 5.41) is 10.5. The van der Waals surface area contributed by atoms with Gasteiger partial charge in [0.25, 0.3) is 5.91 Å². The van der Waals surface area contributed by atoms with E-state index < -0.39 is 6.10 Å². The standard InChI is InChI=1S/C20H23N3O3/c24-18(15-7-3-1-4-8-15)16-11-13-23(14-12-16)20(26)22-21-19(25)17-9-5-2-6-10-17/h1-10,16,18,24H,11-14H2,(H,21,25)(H,22,26)/t18-/m0/s1. The molecule has 3 amide bonds. The minimum absolute atomic E-state index is 0.125. The molecule has 1 saturated heterocycles. The predicted molar refractivity (Wildman–Crippen MR) is 98.1 cm³/mol. The molecule has 6 nitrogen and oxygen atoms in total. The Kier molecular flexibility index (Phi) is 5.86. The number of hydrogen-bond acceptors (Lipinski definition) is 3. The molecule has 136 valence electrons. The first-order chi connectivity index (χ1) is 12.6. The van der Waals surface area contributed by atoms with Crippen LogP contribution in [0.25, 0.3) is 0 Å². The maximum absolute atomic E-state index is 12.2. The van der Waals surface area contributed by atoms with Crippen LogP contribution in [0.3, 0.4) is 0 Å². The molecule has 1 aliphatic rings. The Morgan fingerprint density at radius 1 is 0.923 bits per heavy atom. The van der Waals surface area contributed by atoms with Crippen molar-refractivity contribution in [2.75, 3.05) is 13.1 Å². The highest BCUT2D eigenvalue weighted by Gasteiger charge is 2.28. The normalized spacial score (nSPS) is 16.0. The number of rotatable bonds is 3. The summed E-state index contributed by atoms with van der Waals surface area (Å²) in [6.45, 7) is 1.09. The van der Waals surface area contributed by atoms with Gasteiger partial charge >= 0.3 is 6.03 Å². The van der Waals surface area contributed by atoms with Crippen molar-refractivity contribution in [1.29, 1.82) is 0 Å². The lowest BCUT2D eigenvalue weighted by Crippen LogP contribution is -2.51. The molecule has 1 fully saturated rings. The number of carbonyl (C=O) groups is 2. The molecule has 2 aromatic carbocycles. The lowest BCUT2D eigenvalue weighted by atomic mass is 9.87. The van der Waals surface area contributed by atoms with Crippen LogP contribution < -0.4 is 10.9 Å². The molecule has 3 N–H and O–H groups in total. The average Bonchev–Trinajstić information content (AvgIpc) is 2.72. The number of hydrogen-bond donors (Lipinski definition) is 3. The van der Waals surface area contributed by atoms with Gasteiger partial charge in [-0.15, -0.1) is 0 Å². The van der Waals surface area contributed by atoms with Crippen LogP contribution in [0.1, 0.15) is 34.9 Å². The highest BCUT2D eigenvalue weighted by molar-refractivity contribution is 5.95. The monoisotopic (exact) mass is 353 g/mol. The van der Waals surface area contributed by atoms with Crippen molar-refractivity contribution in [3.05, 3.63) is 71.8 Å². The Balaban J connectivity index is 1.46. The van der Waals surface area contributed by atoms with Gasteiger partial charge in [-0.1, -0.05) is 48.5 Å². The summed E-state index contributed by atoms with van der Waals surface area (Å²) in [7, 11) is 0. The van der Waals surface area contributed by atoms with E-state index in [1.807, 2.05) is 36.4 Å². The van der Waals surface area contributed by atoms with Gasteiger partial charge in [0.1, 0.15) is 0 Å². The van der Waals surface area contributed by atoms with Gasteiger partial charge in [0.05, 0.1) is 6.10 Å². The Morgan fingerprint density at radius 3 is 2.12 bits per heavy atom. The number of aliphatic hydroxyl groups excluding tert-OH is 1. The van der Waals surface area contributed by atoms with E-state index >= 15 is 0 Å². The smallest absolute Gasteiger partial charge is 0.336 e. The summed E-state index contributed by atoms with van der Waals surface area (Å²) in [4.78, 5) is 25.8. The number of piperidine rings is 1. The minimum atomic E-state index is -0.515. The molecule has 0 radical (unpaired) electrons. The van der Waals surface area contributed by atoms with Crippen LogP contribution in [0.2, 0.25) is 0 Å². The fourth-order valence-electron chi connectivity index (χ4n) is 3.19. The molecule has 0 saturated carbocycles. The van der Waals surface area contributed by atoms with E-state index in [2.05, 4.69) is 10.9 Å². The van der Waals surface area contributed by atoms with Gasteiger partial charge in [-0.2, -0.15) is 0 Å². The van der Waals surface area contributed by atoms with Crippen LogP contribution in [0.4, 0.5) is 4.79 Å². The SMILES string of the molecule is O=C(NNC(=O)N1CCC([C@@H](O)c2ccccc2)CC1)c1ccccc1. The molecule has 0 aliphatic carbocycles. The number of benzene rings is 2. The molecule has 1 atom stereocenters. The Hall–Kier alpha value is -2.86. The molecular formula is C20H23N3O3. The first-order valence-electron chi connectivity index (χ1n) is 8.78. The molecule has 0 spiro atoms. The van der Waals surface area contributed by atoms with Crippen LogP contribution in [-0.2, 0) is 0 Å². The summed E-state index contributed by atoms with van der Waals surface area (Å²) >= 11 is 0. The van der Waals surface area contributed by atoms with Gasteiger partial charge in [-0.3, -0.25) is 10.2 Å². The maximum Gasteiger partial charge on any atom is 0.336 e. The van der Waals surface area contributed by atoms with Gasteiger partial charge in [0.15, 0.2) is 0 Å². The number of urea groups is 1. The summed E-state index contributed by atoms with van der Waals surface area (Å²) < 4.78 is 0. The Morgan fingerprint density at radius 2 is 1.50 bits per heavy atom. The largest absolute Gasteiger partial charge is 0.388 e. The highest BCUT2D eigenvalue weighted by atomic mass is 16.3. The number of likely N-dealkylation sites (tertiary alicyclic amines) is 1. The second kappa shape index (κ2) is 8.49. The van der Waals surface area contributed by atoms with Crippen LogP contribution >= 0.6 is 0 Å². The van der Waals surface area contributed by atoms with Crippen molar-refractivity contribution >= 4 is 11.9 Å². The van der Waals surface area contributed by atoms with Crippen molar-refractivity contribution in [3.63, 3.8) is 0 Å². The van der Waals surface area contributed by atoms with E-state index in [9.17, 15) is 14.7 Å². The number of nitrogens with zero attached hydrogens (tertiary/aromatic N) is 1. The fraction of sp³-hybridized carbons (Fsp3) is 0.300. The molecule has 0 unspecified atom stereocenters. The quantitative estimate of drug-likeness (QED) is 0.742. The predicted octanol–water partition coefficient (Wildman–Crippen LogP) is 2.49. The van der Waals surface area contributed by atoms with Gasteiger partial charge in [-0.05, 0) is 36.5 Å². The van der Waals surface area contributed by atoms with Crippen LogP contribution in [0, 0.1) is 5.92 Å². The third kappa shape index (κ3) is 4.40. The topological polar surface area (TPSA) is 81.7 Å². The van der Waals surface area contributed by atoms with Crippen molar-refractivity contribution in [1.82, 2.24) is 15.8 Å². The number of carbonyl (C=O) groups excluding carboxylic acids is 2. The third-order valence-electron chi connectivity index (χ3n) is 4.73. The second-order valence-electron chi connectivity index (χ2n) is 6.43. The summed E-state index contributed by atoms with van der Waals surface area (Å²) in [5.41, 5.74) is 6.27. The first kappa shape index (κ1) is 17.9. The number of nitrogens with one attached hydrogen (secondary N) is 2. The fourth-order valence-corrected chi connectivity index (χ4v) is 3.19. The lowest BCUT2D eigenvalue weighted by molar-refractivity contribution is 0.0656. The number of hydrazine groups is 1. The lowest BCUT2D eigenvalue weighted by Gasteiger charge is -2.34. The minimum Gasteiger partial charge on any atom is -0.388 e. The summed E-state index contributed by atoms with van der Waals surface area (Å²) in [6, 6.07) is 18.0. The summed E-state index contributed by atoms with van der Waals surface area (Å²) in [6.07, 6.45) is 0.922. The first-order valence-corrected chi connectivity index (χ1v) is 8.78. The number of aliphatic hydroxyl groups is 1. The van der Waals surface area contributed by atoms with Gasteiger partial charge < -0.3 is 10.0 Å². The van der Waals surface area contributed by atoms with Crippen molar-refractivity contribution in [3.8, 4) is 0 Å². The van der Waals surface area contributed by atoms with Crippen LogP contribution in [0.15, 0.2) is 60.7 Å². The highest BCUT2D eigenvalue weighted by Crippen LogP contribution is 2.30. The van der Waals surface area contributed by atoms with E-state index in [-0.39, 0.29) is 17.9 Å². The van der Waals surface area contributed by atoms with Gasteiger partial charge in [0, 0.05) is 18.7 Å². The molecule has 6 heteroatoms. The van der Waals surface area contributed by atoms with Crippen molar-refractivity contribution < 1.29 is 14.7 Å². The third-order valence-corrected chi connectivity index (χ3v) is 4.73. The van der Waals surface area contributed by atoms with E-state index in [0.717, 1.165) is 18.4 Å². The Labute approximate surface area is 152 Å². The van der Waals surface area contributed by atoms with E-state index in [1.54, 1.807) is 29.2 Å². The zero-order valence-corrected chi connectivity index (χ0v) is 14.5. The molecule has 3 rings (SSSR count). The molecule has 0 bridgehead atoms. The van der Waals surface area contributed by atoms with Crippen LogP contribution in [-0.4, -0.2) is 35.0 Å². The maximum atomic E-state index is 12.2. The number of amides is 3. The molecule has 1 aliphatic heterocycles. The van der Waals surface area contributed by atoms with E-state index in [4.69, 9.17) is 0 Å².